The van der Waals surface area contributed by atoms with Gasteiger partial charge in [0.1, 0.15) is 17.0 Å². The molecule has 1 aliphatic carbocycles. The van der Waals surface area contributed by atoms with Crippen molar-refractivity contribution in [1.82, 2.24) is 14.8 Å². The Morgan fingerprint density at radius 2 is 2.00 bits per heavy atom. The minimum absolute atomic E-state index is 0.103. The first kappa shape index (κ1) is 21.6. The maximum atomic E-state index is 13.8. The molecule has 1 aromatic carbocycles. The Morgan fingerprint density at radius 3 is 2.76 bits per heavy atom. The summed E-state index contributed by atoms with van der Waals surface area (Å²) in [5, 5.41) is 3.28. The number of carbonyl (C=O) groups is 2. The molecule has 33 heavy (non-hydrogen) atoms. The second kappa shape index (κ2) is 8.28. The summed E-state index contributed by atoms with van der Waals surface area (Å²) in [5.74, 6) is 1.14. The van der Waals surface area contributed by atoms with Crippen LogP contribution in [0.15, 0.2) is 47.1 Å². The maximum Gasteiger partial charge on any atom is 0.271 e. The van der Waals surface area contributed by atoms with Gasteiger partial charge in [0.25, 0.3) is 5.91 Å². The average molecular weight is 450 g/mol. The van der Waals surface area contributed by atoms with Crippen molar-refractivity contribution >= 4 is 22.9 Å². The molecule has 7 heteroatoms. The molecule has 7 nitrogen and oxygen atoms in total. The number of carbonyl (C=O) groups excluding carboxylic acids is 2. The minimum Gasteiger partial charge on any atom is -0.497 e. The predicted octanol–water partition coefficient (Wildman–Crippen LogP) is 4.35. The van der Waals surface area contributed by atoms with Gasteiger partial charge in [0, 0.05) is 24.7 Å². The van der Waals surface area contributed by atoms with E-state index in [9.17, 15) is 9.59 Å². The number of furan rings is 1. The van der Waals surface area contributed by atoms with Crippen LogP contribution in [0.5, 0.6) is 5.75 Å². The van der Waals surface area contributed by atoms with Crippen LogP contribution in [0.4, 0.5) is 0 Å². The number of methoxy groups -OCH3 is 1. The number of nitrogens with zero attached hydrogens (tertiary/aromatic N) is 2. The van der Waals surface area contributed by atoms with Crippen LogP contribution in [0.1, 0.15) is 55.6 Å². The van der Waals surface area contributed by atoms with Gasteiger partial charge in [0.05, 0.1) is 25.4 Å². The standard InChI is InChI=1S/C26H31N3O4/c1-17-7-9-19(10-8-17)27-25(31)26(2)16-28-21-11-12-33-23(21)14-22(28)24(30)29(26)15-18-5-4-6-20(13-18)32-3/h4-6,11-14,17,19H,7-10,15-16H2,1-3H3,(H,27,31)/t17?,19?,26-/m0/s1. The summed E-state index contributed by atoms with van der Waals surface area (Å²) in [6.45, 7) is 4.82. The molecule has 1 saturated carbocycles. The summed E-state index contributed by atoms with van der Waals surface area (Å²) in [7, 11) is 1.62. The van der Waals surface area contributed by atoms with E-state index in [2.05, 4.69) is 12.2 Å². The maximum absolute atomic E-state index is 13.8. The monoisotopic (exact) mass is 449 g/mol. The topological polar surface area (TPSA) is 76.7 Å². The summed E-state index contributed by atoms with van der Waals surface area (Å²) < 4.78 is 12.8. The lowest BCUT2D eigenvalue weighted by atomic mass is 9.86. The summed E-state index contributed by atoms with van der Waals surface area (Å²) >= 11 is 0. The molecule has 0 radical (unpaired) electrons. The minimum atomic E-state index is -1.04. The van der Waals surface area contributed by atoms with E-state index in [0.29, 0.717) is 30.3 Å². The highest BCUT2D eigenvalue weighted by atomic mass is 16.5. The van der Waals surface area contributed by atoms with Crippen LogP contribution in [0, 0.1) is 5.92 Å². The predicted molar refractivity (Wildman–Crippen MR) is 125 cm³/mol. The third-order valence-corrected chi connectivity index (χ3v) is 7.36. The molecule has 2 aliphatic rings. The molecule has 3 aromatic rings. The summed E-state index contributed by atoms with van der Waals surface area (Å²) in [4.78, 5) is 29.2. The molecule has 1 N–H and O–H groups in total. The first-order valence-electron chi connectivity index (χ1n) is 11.7. The summed E-state index contributed by atoms with van der Waals surface area (Å²) in [5.41, 5.74) is 1.91. The number of rotatable bonds is 5. The van der Waals surface area contributed by atoms with Crippen molar-refractivity contribution < 1.29 is 18.7 Å². The fraction of sp³-hybridized carbons (Fsp3) is 0.462. The van der Waals surface area contributed by atoms with Gasteiger partial charge in [-0.2, -0.15) is 0 Å². The Balaban J connectivity index is 1.50. The third-order valence-electron chi connectivity index (χ3n) is 7.36. The zero-order valence-corrected chi connectivity index (χ0v) is 19.5. The van der Waals surface area contributed by atoms with Gasteiger partial charge in [-0.25, -0.2) is 0 Å². The summed E-state index contributed by atoms with van der Waals surface area (Å²) in [6, 6.07) is 11.4. The second-order valence-electron chi connectivity index (χ2n) is 9.73. The number of hydrogen-bond acceptors (Lipinski definition) is 4. The van der Waals surface area contributed by atoms with Gasteiger partial charge >= 0.3 is 0 Å². The zero-order valence-electron chi connectivity index (χ0n) is 19.5. The molecule has 174 valence electrons. The average Bonchev–Trinajstić information content (AvgIpc) is 3.41. The molecular formula is C26H31N3O4. The molecule has 0 saturated heterocycles. The normalized spacial score (nSPS) is 25.2. The molecule has 1 fully saturated rings. The van der Waals surface area contributed by atoms with Crippen molar-refractivity contribution in [3.8, 4) is 5.75 Å². The quantitative estimate of drug-likeness (QED) is 0.628. The van der Waals surface area contributed by atoms with Crippen LogP contribution in [0.2, 0.25) is 0 Å². The van der Waals surface area contributed by atoms with Crippen LogP contribution in [0.3, 0.4) is 0 Å². The number of fused-ring (bicyclic) bond motifs is 3. The molecule has 5 rings (SSSR count). The highest BCUT2D eigenvalue weighted by Gasteiger charge is 2.48. The van der Waals surface area contributed by atoms with E-state index in [1.807, 2.05) is 41.8 Å². The highest BCUT2D eigenvalue weighted by molar-refractivity contribution is 6.02. The molecule has 0 spiro atoms. The number of nitrogens with one attached hydrogen (secondary N) is 1. The van der Waals surface area contributed by atoms with Crippen molar-refractivity contribution in [3.63, 3.8) is 0 Å². The van der Waals surface area contributed by atoms with E-state index in [-0.39, 0.29) is 17.9 Å². The van der Waals surface area contributed by atoms with Crippen LogP contribution < -0.4 is 10.1 Å². The second-order valence-corrected chi connectivity index (χ2v) is 9.73. The molecule has 3 heterocycles. The lowest BCUT2D eigenvalue weighted by Crippen LogP contribution is -2.64. The third kappa shape index (κ3) is 3.79. The fourth-order valence-electron chi connectivity index (χ4n) is 5.22. The Morgan fingerprint density at radius 1 is 1.21 bits per heavy atom. The molecule has 1 aliphatic heterocycles. The van der Waals surface area contributed by atoms with Gasteiger partial charge in [-0.15, -0.1) is 0 Å². The lowest BCUT2D eigenvalue weighted by Gasteiger charge is -2.45. The Bertz CT molecular complexity index is 1190. The Kier molecular flexibility index (Phi) is 5.43. The van der Waals surface area contributed by atoms with E-state index < -0.39 is 5.54 Å². The number of aromatic nitrogens is 1. The molecule has 0 bridgehead atoms. The largest absolute Gasteiger partial charge is 0.497 e. The van der Waals surface area contributed by atoms with E-state index >= 15 is 0 Å². The van der Waals surface area contributed by atoms with Crippen molar-refractivity contribution in [3.05, 3.63) is 53.9 Å². The van der Waals surface area contributed by atoms with Gasteiger partial charge in [0.2, 0.25) is 5.91 Å². The Hall–Kier alpha value is -3.22. The van der Waals surface area contributed by atoms with Gasteiger partial charge in [0.15, 0.2) is 5.58 Å². The van der Waals surface area contributed by atoms with Gasteiger partial charge in [-0.05, 0) is 56.2 Å². The highest BCUT2D eigenvalue weighted by Crippen LogP contribution is 2.35. The van der Waals surface area contributed by atoms with E-state index in [4.69, 9.17) is 9.15 Å². The molecule has 0 unspecified atom stereocenters. The molecule has 1 atom stereocenters. The van der Waals surface area contributed by atoms with Crippen LogP contribution in [0.25, 0.3) is 11.1 Å². The lowest BCUT2D eigenvalue weighted by molar-refractivity contribution is -0.134. The first-order chi connectivity index (χ1) is 15.9. The van der Waals surface area contributed by atoms with Gasteiger partial charge in [-0.3, -0.25) is 9.59 Å². The van der Waals surface area contributed by atoms with Crippen molar-refractivity contribution in [2.45, 2.75) is 64.2 Å². The van der Waals surface area contributed by atoms with Crippen LogP contribution >= 0.6 is 0 Å². The number of benzene rings is 1. The van der Waals surface area contributed by atoms with Crippen molar-refractivity contribution in [1.29, 1.82) is 0 Å². The number of ether oxygens (including phenoxy) is 1. The SMILES string of the molecule is COc1cccc(CN2C(=O)c3cc4occc4n3C[C@@]2(C)C(=O)NC2CCC(C)CC2)c1. The smallest absolute Gasteiger partial charge is 0.271 e. The van der Waals surface area contributed by atoms with Crippen molar-refractivity contribution in [2.75, 3.05) is 7.11 Å². The molecule has 2 amide bonds. The number of hydrogen-bond donors (Lipinski definition) is 1. The van der Waals surface area contributed by atoms with Crippen LogP contribution in [-0.2, 0) is 17.9 Å². The zero-order chi connectivity index (χ0) is 23.2. The van der Waals surface area contributed by atoms with Crippen LogP contribution in [-0.4, -0.2) is 40.0 Å². The van der Waals surface area contributed by atoms with Crippen molar-refractivity contribution in [2.24, 2.45) is 5.92 Å². The first-order valence-corrected chi connectivity index (χ1v) is 11.7. The Labute approximate surface area is 193 Å². The fourth-order valence-corrected chi connectivity index (χ4v) is 5.22. The number of amides is 2. The molecular weight excluding hydrogens is 418 g/mol. The van der Waals surface area contributed by atoms with E-state index in [1.54, 1.807) is 24.3 Å². The molecule has 2 aromatic heterocycles. The van der Waals surface area contributed by atoms with E-state index in [0.717, 1.165) is 42.5 Å². The van der Waals surface area contributed by atoms with Gasteiger partial charge < -0.3 is 23.9 Å². The van der Waals surface area contributed by atoms with Gasteiger partial charge in [-0.1, -0.05) is 19.1 Å². The van der Waals surface area contributed by atoms with E-state index in [1.165, 1.54) is 0 Å². The summed E-state index contributed by atoms with van der Waals surface area (Å²) in [6.07, 6.45) is 5.81.